The minimum atomic E-state index is 0.424. The highest BCUT2D eigenvalue weighted by Gasteiger charge is 1.98. The van der Waals surface area contributed by atoms with Crippen molar-refractivity contribution in [2.45, 2.75) is 19.8 Å². The van der Waals surface area contributed by atoms with E-state index in [0.29, 0.717) is 11.7 Å². The molecule has 1 aromatic rings. The van der Waals surface area contributed by atoms with Gasteiger partial charge in [-0.1, -0.05) is 13.8 Å². The molecule has 4 N–H and O–H groups in total. The lowest BCUT2D eigenvalue weighted by Crippen LogP contribution is -1.96. The molecule has 1 aromatic heterocycles. The Labute approximate surface area is 71.3 Å². The minimum absolute atomic E-state index is 0.424. The summed E-state index contributed by atoms with van der Waals surface area (Å²) in [4.78, 5) is 8.01. The standard InChI is InChI=1S/C7H11N3.H2N2/c1-5(2)6-3-10-7(8)4-9-6;1-2/h3-5H,1-2H3,(H2,8,10);1-2H. The molecule has 0 atom stereocenters. The molecule has 1 rings (SSSR count). The minimum Gasteiger partial charge on any atom is -0.382 e. The van der Waals surface area contributed by atoms with Crippen molar-refractivity contribution in [2.75, 3.05) is 5.73 Å². The number of nitrogens with one attached hydrogen (secondary N) is 2. The topological polar surface area (TPSA) is 99.5 Å². The summed E-state index contributed by atoms with van der Waals surface area (Å²) in [5.41, 5.74) is 16.3. The summed E-state index contributed by atoms with van der Waals surface area (Å²) in [6.07, 6.45) is 3.29. The molecule has 0 saturated carbocycles. The fourth-order valence-electron chi connectivity index (χ4n) is 0.646. The van der Waals surface area contributed by atoms with Gasteiger partial charge >= 0.3 is 0 Å². The molecule has 0 aliphatic carbocycles. The Morgan fingerprint density at radius 1 is 1.25 bits per heavy atom. The maximum atomic E-state index is 5.35. The molecule has 0 amide bonds. The van der Waals surface area contributed by atoms with Crippen molar-refractivity contribution in [3.63, 3.8) is 0 Å². The van der Waals surface area contributed by atoms with Gasteiger partial charge in [-0.05, 0) is 5.92 Å². The zero-order valence-corrected chi connectivity index (χ0v) is 7.20. The van der Waals surface area contributed by atoms with Crippen LogP contribution in [0.3, 0.4) is 0 Å². The fraction of sp³-hybridized carbons (Fsp3) is 0.429. The van der Waals surface area contributed by atoms with Gasteiger partial charge in [0.1, 0.15) is 5.82 Å². The lowest BCUT2D eigenvalue weighted by atomic mass is 10.1. The van der Waals surface area contributed by atoms with Crippen LogP contribution < -0.4 is 5.73 Å². The summed E-state index contributed by atoms with van der Waals surface area (Å²) in [5.74, 6) is 0.900. The molecule has 0 fully saturated rings. The van der Waals surface area contributed by atoms with Crippen LogP contribution in [0.4, 0.5) is 5.82 Å². The van der Waals surface area contributed by atoms with Crippen LogP contribution in [0, 0.1) is 11.1 Å². The maximum Gasteiger partial charge on any atom is 0.141 e. The molecule has 0 spiro atoms. The quantitative estimate of drug-likeness (QED) is 0.556. The Morgan fingerprint density at radius 3 is 2.17 bits per heavy atom. The van der Waals surface area contributed by atoms with Gasteiger partial charge < -0.3 is 5.73 Å². The lowest BCUT2D eigenvalue weighted by molar-refractivity contribution is 0.813. The molecule has 5 heteroatoms. The first-order chi connectivity index (χ1) is 5.70. The molecule has 5 nitrogen and oxygen atoms in total. The molecule has 0 radical (unpaired) electrons. The van der Waals surface area contributed by atoms with E-state index in [2.05, 4.69) is 23.8 Å². The summed E-state index contributed by atoms with van der Waals surface area (Å²) in [5, 5.41) is 0. The van der Waals surface area contributed by atoms with Crippen molar-refractivity contribution in [3.8, 4) is 0 Å². The van der Waals surface area contributed by atoms with E-state index in [4.69, 9.17) is 16.8 Å². The van der Waals surface area contributed by atoms with E-state index >= 15 is 0 Å². The van der Waals surface area contributed by atoms with Gasteiger partial charge in [0.25, 0.3) is 0 Å². The Morgan fingerprint density at radius 2 is 1.83 bits per heavy atom. The van der Waals surface area contributed by atoms with E-state index < -0.39 is 0 Å². The number of hydrogen-bond donors (Lipinski definition) is 3. The molecular formula is C7H13N5. The maximum absolute atomic E-state index is 5.35. The van der Waals surface area contributed by atoms with Gasteiger partial charge in [-0.15, -0.1) is 0 Å². The Kier molecular flexibility index (Phi) is 4.52. The van der Waals surface area contributed by atoms with Crippen LogP contribution in [0.5, 0.6) is 0 Å². The van der Waals surface area contributed by atoms with E-state index in [1.165, 1.54) is 0 Å². The molecular weight excluding hydrogens is 154 g/mol. The van der Waals surface area contributed by atoms with Crippen molar-refractivity contribution in [1.29, 1.82) is 11.1 Å². The molecule has 66 valence electrons. The van der Waals surface area contributed by atoms with Crippen LogP contribution in [0.15, 0.2) is 12.4 Å². The van der Waals surface area contributed by atoms with Crippen LogP contribution in [-0.2, 0) is 0 Å². The zero-order valence-electron chi connectivity index (χ0n) is 7.20. The highest BCUT2D eigenvalue weighted by atomic mass is 14.9. The first-order valence-electron chi connectivity index (χ1n) is 3.52. The Hall–Kier alpha value is -1.52. The van der Waals surface area contributed by atoms with E-state index in [9.17, 15) is 0 Å². The first kappa shape index (κ1) is 10.5. The second-order valence-electron chi connectivity index (χ2n) is 2.52. The number of nitrogens with zero attached hydrogens (tertiary/aromatic N) is 2. The molecule has 0 aliphatic rings. The average Bonchev–Trinajstić information content (AvgIpc) is 2.09. The lowest BCUT2D eigenvalue weighted by Gasteiger charge is -2.01. The molecule has 1 heterocycles. The summed E-state index contributed by atoms with van der Waals surface area (Å²) in [6.45, 7) is 4.14. The second kappa shape index (κ2) is 5.17. The van der Waals surface area contributed by atoms with Crippen LogP contribution in [0.1, 0.15) is 25.5 Å². The third kappa shape index (κ3) is 3.05. The number of aromatic nitrogens is 2. The van der Waals surface area contributed by atoms with Crippen LogP contribution in [0.25, 0.3) is 0 Å². The normalized spacial score (nSPS) is 8.92. The second-order valence-corrected chi connectivity index (χ2v) is 2.52. The molecule has 0 unspecified atom stereocenters. The van der Waals surface area contributed by atoms with E-state index in [0.717, 1.165) is 5.69 Å². The summed E-state index contributed by atoms with van der Waals surface area (Å²) in [6, 6.07) is 0. The molecule has 0 saturated heterocycles. The van der Waals surface area contributed by atoms with Crippen molar-refractivity contribution in [3.05, 3.63) is 18.1 Å². The fourth-order valence-corrected chi connectivity index (χ4v) is 0.646. The number of rotatable bonds is 1. The third-order valence-corrected chi connectivity index (χ3v) is 1.28. The number of anilines is 1. The predicted molar refractivity (Wildman–Crippen MR) is 46.0 cm³/mol. The van der Waals surface area contributed by atoms with Crippen molar-refractivity contribution >= 4 is 5.82 Å². The first-order valence-corrected chi connectivity index (χ1v) is 3.52. The molecule has 0 aromatic carbocycles. The van der Waals surface area contributed by atoms with Crippen LogP contribution in [-0.4, -0.2) is 9.97 Å². The number of hydrogen-bond acceptors (Lipinski definition) is 5. The smallest absolute Gasteiger partial charge is 0.141 e. The van der Waals surface area contributed by atoms with Gasteiger partial charge in [0.15, 0.2) is 0 Å². The van der Waals surface area contributed by atoms with Gasteiger partial charge in [0, 0.05) is 0 Å². The third-order valence-electron chi connectivity index (χ3n) is 1.28. The van der Waals surface area contributed by atoms with Crippen LogP contribution in [0.2, 0.25) is 0 Å². The average molecular weight is 167 g/mol. The number of nitrogen functional groups attached to an aromatic ring is 1. The summed E-state index contributed by atoms with van der Waals surface area (Å²) >= 11 is 0. The SMILES string of the molecule is CC(C)c1cnc(N)cn1.N=N. The molecule has 0 aliphatic heterocycles. The van der Waals surface area contributed by atoms with E-state index in [1.807, 2.05) is 0 Å². The van der Waals surface area contributed by atoms with Gasteiger partial charge in [-0.2, -0.15) is 0 Å². The monoisotopic (exact) mass is 167 g/mol. The van der Waals surface area contributed by atoms with Gasteiger partial charge in [0.05, 0.1) is 18.1 Å². The zero-order chi connectivity index (χ0) is 9.56. The van der Waals surface area contributed by atoms with Crippen molar-refractivity contribution in [1.82, 2.24) is 9.97 Å². The summed E-state index contributed by atoms with van der Waals surface area (Å²) in [7, 11) is 0. The van der Waals surface area contributed by atoms with E-state index in [-0.39, 0.29) is 0 Å². The Bertz CT molecular complexity index is 218. The predicted octanol–water partition coefficient (Wildman–Crippen LogP) is 1.78. The summed E-state index contributed by atoms with van der Waals surface area (Å²) < 4.78 is 0. The highest BCUT2D eigenvalue weighted by molar-refractivity contribution is 5.23. The van der Waals surface area contributed by atoms with Gasteiger partial charge in [-0.25, -0.2) is 16.0 Å². The largest absolute Gasteiger partial charge is 0.382 e. The van der Waals surface area contributed by atoms with Crippen molar-refractivity contribution < 1.29 is 0 Å². The van der Waals surface area contributed by atoms with Gasteiger partial charge in [0.2, 0.25) is 0 Å². The molecule has 12 heavy (non-hydrogen) atoms. The van der Waals surface area contributed by atoms with Crippen LogP contribution >= 0.6 is 0 Å². The molecule has 0 bridgehead atoms. The highest BCUT2D eigenvalue weighted by Crippen LogP contribution is 2.08. The van der Waals surface area contributed by atoms with E-state index in [1.54, 1.807) is 12.4 Å². The number of nitrogens with two attached hydrogens (primary N) is 1. The van der Waals surface area contributed by atoms with Crippen molar-refractivity contribution in [2.24, 2.45) is 0 Å². The van der Waals surface area contributed by atoms with Gasteiger partial charge in [-0.3, -0.25) is 4.98 Å². The Balaban J connectivity index is 0.000000561.